The van der Waals surface area contributed by atoms with Gasteiger partial charge >= 0.3 is 0 Å². The second-order valence-electron chi connectivity index (χ2n) is 7.07. The molecule has 4 nitrogen and oxygen atoms in total. The third-order valence-corrected chi connectivity index (χ3v) is 5.67. The van der Waals surface area contributed by atoms with Gasteiger partial charge in [-0.25, -0.2) is 8.78 Å². The summed E-state index contributed by atoms with van der Waals surface area (Å²) in [5, 5.41) is 0. The molecule has 0 bridgehead atoms. The Morgan fingerprint density at radius 1 is 0.897 bits per heavy atom. The molecule has 1 aliphatic rings. The van der Waals surface area contributed by atoms with Gasteiger partial charge in [-0.3, -0.25) is 9.69 Å². The fraction of sp³-hybridized carbons (Fsp3) is 0.227. The van der Waals surface area contributed by atoms with Crippen molar-refractivity contribution in [3.8, 4) is 0 Å². The van der Waals surface area contributed by atoms with Gasteiger partial charge in [0, 0.05) is 36.8 Å². The lowest BCUT2D eigenvalue weighted by Gasteiger charge is -2.39. The number of amides is 1. The number of halogens is 3. The van der Waals surface area contributed by atoms with Crippen LogP contribution in [0.15, 0.2) is 65.3 Å². The summed E-state index contributed by atoms with van der Waals surface area (Å²) in [4.78, 5) is 19.7. The van der Waals surface area contributed by atoms with Crippen molar-refractivity contribution in [3.63, 3.8) is 0 Å². The topological polar surface area (TPSA) is 39.3 Å². The first-order chi connectivity index (χ1) is 14.0. The quantitative estimate of drug-likeness (QED) is 0.618. The van der Waals surface area contributed by atoms with Crippen LogP contribution in [0.25, 0.3) is 0 Å². The maximum Gasteiger partial charge on any atom is 0.270 e. The first kappa shape index (κ1) is 19.8. The Morgan fingerprint density at radius 2 is 1.41 bits per heavy atom. The van der Waals surface area contributed by atoms with Crippen molar-refractivity contribution in [2.24, 2.45) is 0 Å². The van der Waals surface area contributed by atoms with E-state index in [1.54, 1.807) is 36.5 Å². The molecule has 1 aliphatic heterocycles. The lowest BCUT2D eigenvalue weighted by atomic mass is 9.96. The summed E-state index contributed by atoms with van der Waals surface area (Å²) < 4.78 is 27.7. The van der Waals surface area contributed by atoms with Crippen LogP contribution in [-0.2, 0) is 0 Å². The molecule has 7 heteroatoms. The fourth-order valence-electron chi connectivity index (χ4n) is 3.75. The zero-order valence-corrected chi connectivity index (χ0v) is 17.2. The van der Waals surface area contributed by atoms with Gasteiger partial charge in [-0.05, 0) is 57.4 Å². The Balaban J connectivity index is 1.54. The molecule has 1 aromatic heterocycles. The lowest BCUT2D eigenvalue weighted by Crippen LogP contribution is -2.50. The van der Waals surface area contributed by atoms with Gasteiger partial charge in [0.05, 0.1) is 6.04 Å². The van der Waals surface area contributed by atoms with Crippen molar-refractivity contribution in [3.05, 3.63) is 93.7 Å². The van der Waals surface area contributed by atoms with E-state index in [9.17, 15) is 13.6 Å². The summed E-state index contributed by atoms with van der Waals surface area (Å²) in [5.74, 6) is -0.617. The Hall–Kier alpha value is -2.51. The molecule has 3 aromatic rings. The van der Waals surface area contributed by atoms with E-state index in [1.807, 2.05) is 4.90 Å². The van der Waals surface area contributed by atoms with Crippen LogP contribution >= 0.6 is 15.9 Å². The van der Waals surface area contributed by atoms with Crippen LogP contribution in [0.5, 0.6) is 0 Å². The van der Waals surface area contributed by atoms with Crippen molar-refractivity contribution >= 4 is 21.8 Å². The summed E-state index contributed by atoms with van der Waals surface area (Å²) in [6.07, 6.45) is 1.74. The zero-order chi connectivity index (χ0) is 20.4. The third kappa shape index (κ3) is 4.41. The molecule has 1 saturated heterocycles. The minimum Gasteiger partial charge on any atom is -0.356 e. The van der Waals surface area contributed by atoms with Gasteiger partial charge in [0.15, 0.2) is 0 Å². The number of rotatable bonds is 4. The SMILES string of the molecule is O=C(c1cc(Br)c[nH]1)N1CCN(C(c2ccc(F)cc2)c2ccc(F)cc2)CC1. The largest absolute Gasteiger partial charge is 0.356 e. The number of aromatic amines is 1. The van der Waals surface area contributed by atoms with Crippen molar-refractivity contribution in [1.82, 2.24) is 14.8 Å². The minimum atomic E-state index is -0.292. The number of carbonyl (C=O) groups excluding carboxylic acids is 1. The second-order valence-corrected chi connectivity index (χ2v) is 7.98. The van der Waals surface area contributed by atoms with E-state index in [0.29, 0.717) is 31.9 Å². The average molecular weight is 460 g/mol. The molecule has 29 heavy (non-hydrogen) atoms. The van der Waals surface area contributed by atoms with E-state index < -0.39 is 0 Å². The van der Waals surface area contributed by atoms with Crippen LogP contribution in [-0.4, -0.2) is 46.9 Å². The van der Waals surface area contributed by atoms with Gasteiger partial charge < -0.3 is 9.88 Å². The van der Waals surface area contributed by atoms with E-state index in [1.165, 1.54) is 24.3 Å². The molecular formula is C22H20BrF2N3O. The molecule has 4 rings (SSSR count). The number of hydrogen-bond acceptors (Lipinski definition) is 2. The monoisotopic (exact) mass is 459 g/mol. The number of carbonyl (C=O) groups is 1. The van der Waals surface area contributed by atoms with E-state index in [4.69, 9.17) is 0 Å². The highest BCUT2D eigenvalue weighted by Crippen LogP contribution is 2.30. The molecule has 0 aliphatic carbocycles. The Bertz CT molecular complexity index is 935. The van der Waals surface area contributed by atoms with Gasteiger partial charge in [0.1, 0.15) is 17.3 Å². The Labute approximate surface area is 176 Å². The molecular weight excluding hydrogens is 440 g/mol. The smallest absolute Gasteiger partial charge is 0.270 e. The standard InChI is InChI=1S/C22H20BrF2N3O/c23-17-13-20(26-14-17)22(29)28-11-9-27(10-12-28)21(15-1-5-18(24)6-2-15)16-3-7-19(25)8-4-16/h1-8,13-14,21,26H,9-12H2. The van der Waals surface area contributed by atoms with Gasteiger partial charge in [0.2, 0.25) is 0 Å². The maximum atomic E-state index is 13.4. The number of hydrogen-bond donors (Lipinski definition) is 1. The molecule has 2 aromatic carbocycles. The van der Waals surface area contributed by atoms with E-state index in [2.05, 4.69) is 25.8 Å². The van der Waals surface area contributed by atoms with Gasteiger partial charge in [-0.15, -0.1) is 0 Å². The van der Waals surface area contributed by atoms with Crippen LogP contribution in [0, 0.1) is 11.6 Å². The maximum absolute atomic E-state index is 13.4. The van der Waals surface area contributed by atoms with Crippen molar-refractivity contribution in [2.45, 2.75) is 6.04 Å². The van der Waals surface area contributed by atoms with Crippen LogP contribution in [0.4, 0.5) is 8.78 Å². The first-order valence-electron chi connectivity index (χ1n) is 9.39. The number of H-pyrrole nitrogens is 1. The molecule has 0 atom stereocenters. The molecule has 1 fully saturated rings. The first-order valence-corrected chi connectivity index (χ1v) is 10.2. The Kier molecular flexibility index (Phi) is 5.78. The molecule has 0 saturated carbocycles. The number of nitrogens with zero attached hydrogens (tertiary/aromatic N) is 2. The average Bonchev–Trinajstić information content (AvgIpc) is 3.17. The molecule has 0 unspecified atom stereocenters. The summed E-state index contributed by atoms with van der Waals surface area (Å²) in [6, 6.07) is 14.4. The lowest BCUT2D eigenvalue weighted by molar-refractivity contribution is 0.0592. The second kappa shape index (κ2) is 8.47. The van der Waals surface area contributed by atoms with Crippen LogP contribution in [0.1, 0.15) is 27.7 Å². The van der Waals surface area contributed by atoms with E-state index in [-0.39, 0.29) is 23.6 Å². The van der Waals surface area contributed by atoms with Gasteiger partial charge in [-0.1, -0.05) is 24.3 Å². The highest BCUT2D eigenvalue weighted by molar-refractivity contribution is 9.10. The summed E-state index contributed by atoms with van der Waals surface area (Å²) in [7, 11) is 0. The number of nitrogens with one attached hydrogen (secondary N) is 1. The van der Waals surface area contributed by atoms with Crippen molar-refractivity contribution in [2.75, 3.05) is 26.2 Å². The van der Waals surface area contributed by atoms with Crippen molar-refractivity contribution < 1.29 is 13.6 Å². The summed E-state index contributed by atoms with van der Waals surface area (Å²) >= 11 is 3.35. The fourth-order valence-corrected chi connectivity index (χ4v) is 4.09. The number of piperazine rings is 1. The molecule has 150 valence electrons. The van der Waals surface area contributed by atoms with E-state index in [0.717, 1.165) is 15.6 Å². The predicted molar refractivity (Wildman–Crippen MR) is 111 cm³/mol. The van der Waals surface area contributed by atoms with Crippen LogP contribution in [0.2, 0.25) is 0 Å². The molecule has 0 spiro atoms. The van der Waals surface area contributed by atoms with Gasteiger partial charge in [-0.2, -0.15) is 0 Å². The molecule has 1 N–H and O–H groups in total. The van der Waals surface area contributed by atoms with Gasteiger partial charge in [0.25, 0.3) is 5.91 Å². The molecule has 1 amide bonds. The zero-order valence-electron chi connectivity index (χ0n) is 15.6. The highest BCUT2D eigenvalue weighted by Gasteiger charge is 2.29. The number of benzene rings is 2. The summed E-state index contributed by atoms with van der Waals surface area (Å²) in [6.45, 7) is 2.47. The highest BCUT2D eigenvalue weighted by atomic mass is 79.9. The van der Waals surface area contributed by atoms with Crippen LogP contribution < -0.4 is 0 Å². The van der Waals surface area contributed by atoms with Crippen molar-refractivity contribution in [1.29, 1.82) is 0 Å². The number of aromatic nitrogens is 1. The minimum absolute atomic E-state index is 0.0320. The third-order valence-electron chi connectivity index (χ3n) is 5.22. The molecule has 2 heterocycles. The normalized spacial score (nSPS) is 15.1. The van der Waals surface area contributed by atoms with E-state index >= 15 is 0 Å². The van der Waals surface area contributed by atoms with Crippen LogP contribution in [0.3, 0.4) is 0 Å². The molecule has 0 radical (unpaired) electrons. The predicted octanol–water partition coefficient (Wildman–Crippen LogP) is 4.60. The summed E-state index contributed by atoms with van der Waals surface area (Å²) in [5.41, 5.74) is 2.43. The Morgan fingerprint density at radius 3 is 1.86 bits per heavy atom.